The monoisotopic (exact) mass is 512 g/mol. The third kappa shape index (κ3) is 5.50. The molecule has 0 unspecified atom stereocenters. The summed E-state index contributed by atoms with van der Waals surface area (Å²) in [4.78, 5) is 27.3. The largest absolute Gasteiger partial charge is 0.416 e. The number of hydrogen-bond acceptors (Lipinski definition) is 4. The van der Waals surface area contributed by atoms with Crippen molar-refractivity contribution in [3.63, 3.8) is 0 Å². The van der Waals surface area contributed by atoms with Crippen molar-refractivity contribution in [2.45, 2.75) is 48.6 Å². The third-order valence-electron chi connectivity index (χ3n) is 6.35. The molecular formula is C24H24F4N2O4S. The van der Waals surface area contributed by atoms with Crippen LogP contribution in [0.5, 0.6) is 0 Å². The van der Waals surface area contributed by atoms with E-state index in [9.17, 15) is 35.6 Å². The Kier molecular flexibility index (Phi) is 6.65. The molecule has 2 aromatic carbocycles. The molecule has 0 radical (unpaired) electrons. The average molecular weight is 513 g/mol. The zero-order chi connectivity index (χ0) is 25.5. The Bertz CT molecular complexity index is 1230. The molecule has 2 aliphatic rings. The van der Waals surface area contributed by atoms with Crippen LogP contribution in [0.4, 0.5) is 17.6 Å². The van der Waals surface area contributed by atoms with Gasteiger partial charge in [-0.15, -0.1) is 0 Å². The van der Waals surface area contributed by atoms with E-state index in [0.29, 0.717) is 5.56 Å². The van der Waals surface area contributed by atoms with Crippen molar-refractivity contribution in [3.8, 4) is 0 Å². The lowest BCUT2D eigenvalue weighted by atomic mass is 9.99. The normalized spacial score (nSPS) is 21.6. The first kappa shape index (κ1) is 25.2. The number of alkyl halides is 4. The summed E-state index contributed by atoms with van der Waals surface area (Å²) in [6.45, 7) is -0.0322. The summed E-state index contributed by atoms with van der Waals surface area (Å²) in [6, 6.07) is 7.76. The van der Waals surface area contributed by atoms with Gasteiger partial charge >= 0.3 is 6.18 Å². The van der Waals surface area contributed by atoms with E-state index in [2.05, 4.69) is 5.32 Å². The molecule has 188 valence electrons. The lowest BCUT2D eigenvalue weighted by molar-refractivity contribution is -0.137. The van der Waals surface area contributed by atoms with Gasteiger partial charge in [0.05, 0.1) is 16.5 Å². The maximum Gasteiger partial charge on any atom is 0.416 e. The van der Waals surface area contributed by atoms with E-state index in [1.165, 1.54) is 36.4 Å². The first-order valence-corrected chi connectivity index (χ1v) is 13.0. The van der Waals surface area contributed by atoms with Crippen LogP contribution in [0.3, 0.4) is 0 Å². The minimum atomic E-state index is -4.49. The predicted octanol–water partition coefficient (Wildman–Crippen LogP) is 3.93. The molecular weight excluding hydrogens is 488 g/mol. The van der Waals surface area contributed by atoms with E-state index < -0.39 is 51.6 Å². The lowest BCUT2D eigenvalue weighted by Gasteiger charge is -2.28. The number of carbonyl (C=O) groups excluding carboxylic acids is 2. The van der Waals surface area contributed by atoms with E-state index in [1.54, 1.807) is 0 Å². The third-order valence-corrected chi connectivity index (χ3v) is 7.46. The molecule has 0 spiro atoms. The molecule has 11 heteroatoms. The molecule has 0 aromatic heterocycles. The Hall–Kier alpha value is -2.95. The molecule has 1 N–H and O–H groups in total. The predicted molar refractivity (Wildman–Crippen MR) is 119 cm³/mol. The zero-order valence-corrected chi connectivity index (χ0v) is 19.6. The molecule has 3 atom stereocenters. The minimum Gasteiger partial charge on any atom is -0.347 e. The van der Waals surface area contributed by atoms with Gasteiger partial charge in [-0.1, -0.05) is 18.2 Å². The molecule has 1 aliphatic heterocycles. The molecule has 1 heterocycles. The first-order valence-electron chi connectivity index (χ1n) is 11.1. The summed E-state index contributed by atoms with van der Waals surface area (Å²) >= 11 is 0. The van der Waals surface area contributed by atoms with Gasteiger partial charge < -0.3 is 10.2 Å². The Morgan fingerprint density at radius 1 is 1.06 bits per heavy atom. The van der Waals surface area contributed by atoms with Crippen LogP contribution in [-0.4, -0.2) is 50.1 Å². The smallest absolute Gasteiger partial charge is 0.347 e. The standard InChI is InChI=1S/C24H24F4N2O4S/c1-35(33,34)18-4-2-3-16(13-18)23(32)30-12-11-19(25)21(30)22(31)29-20(14-5-6-14)15-7-9-17(10-8-15)24(26,27)28/h2-4,7-10,13-14,19-21H,5-6,11-12H2,1H3,(H,29,31)/t19-,20-,21-/m1/s1. The number of hydrogen-bond donors (Lipinski definition) is 1. The second-order valence-corrected chi connectivity index (χ2v) is 11.0. The van der Waals surface area contributed by atoms with E-state index in [0.717, 1.165) is 36.1 Å². The first-order chi connectivity index (χ1) is 16.4. The summed E-state index contributed by atoms with van der Waals surface area (Å²) in [5.74, 6) is -1.40. The van der Waals surface area contributed by atoms with Crippen molar-refractivity contribution in [2.75, 3.05) is 12.8 Å². The van der Waals surface area contributed by atoms with E-state index >= 15 is 0 Å². The number of nitrogens with zero attached hydrogens (tertiary/aromatic N) is 1. The fourth-order valence-corrected chi connectivity index (χ4v) is 5.00. The lowest BCUT2D eigenvalue weighted by Crippen LogP contribution is -2.50. The SMILES string of the molecule is CS(=O)(=O)c1cccc(C(=O)N2CC[C@@H](F)[C@@H]2C(=O)N[C@@H](c2ccc(C(F)(F)F)cc2)C2CC2)c1. The van der Waals surface area contributed by atoms with Crippen molar-refractivity contribution in [3.05, 3.63) is 65.2 Å². The van der Waals surface area contributed by atoms with E-state index in [-0.39, 0.29) is 29.3 Å². The summed E-state index contributed by atoms with van der Waals surface area (Å²) in [6.07, 6.45) is -3.67. The van der Waals surface area contributed by atoms with Crippen LogP contribution in [0.2, 0.25) is 0 Å². The number of halogens is 4. The topological polar surface area (TPSA) is 83.6 Å². The van der Waals surface area contributed by atoms with Crippen molar-refractivity contribution in [2.24, 2.45) is 5.92 Å². The van der Waals surface area contributed by atoms with Crippen LogP contribution in [-0.2, 0) is 20.8 Å². The molecule has 2 fully saturated rings. The second kappa shape index (κ2) is 9.25. The number of rotatable bonds is 6. The Labute approximate surface area is 200 Å². The highest BCUT2D eigenvalue weighted by atomic mass is 32.2. The van der Waals surface area contributed by atoms with Gasteiger partial charge in [0.1, 0.15) is 12.2 Å². The quantitative estimate of drug-likeness (QED) is 0.595. The number of benzene rings is 2. The van der Waals surface area contributed by atoms with Gasteiger partial charge in [0, 0.05) is 18.4 Å². The number of nitrogens with one attached hydrogen (secondary N) is 1. The maximum atomic E-state index is 14.8. The summed E-state index contributed by atoms with van der Waals surface area (Å²) < 4.78 is 77.2. The second-order valence-electron chi connectivity index (χ2n) is 8.99. The zero-order valence-electron chi connectivity index (χ0n) is 18.8. The molecule has 2 amide bonds. The Balaban J connectivity index is 1.55. The molecule has 1 saturated heterocycles. The highest BCUT2D eigenvalue weighted by Crippen LogP contribution is 2.42. The van der Waals surface area contributed by atoms with Gasteiger partial charge in [-0.25, -0.2) is 12.8 Å². The molecule has 4 rings (SSSR count). The van der Waals surface area contributed by atoms with Gasteiger partial charge in [0.25, 0.3) is 5.91 Å². The van der Waals surface area contributed by atoms with Crippen molar-refractivity contribution in [1.29, 1.82) is 0 Å². The number of likely N-dealkylation sites (tertiary alicyclic amines) is 1. The van der Waals surface area contributed by atoms with Crippen LogP contribution in [0.15, 0.2) is 53.4 Å². The Morgan fingerprint density at radius 3 is 2.29 bits per heavy atom. The molecule has 35 heavy (non-hydrogen) atoms. The molecule has 1 saturated carbocycles. The van der Waals surface area contributed by atoms with E-state index in [4.69, 9.17) is 0 Å². The van der Waals surface area contributed by atoms with E-state index in [1.807, 2.05) is 0 Å². The van der Waals surface area contributed by atoms with Crippen molar-refractivity contribution >= 4 is 21.7 Å². The fourth-order valence-electron chi connectivity index (χ4n) is 4.33. The van der Waals surface area contributed by atoms with Gasteiger partial charge in [0.2, 0.25) is 5.91 Å². The molecule has 6 nitrogen and oxygen atoms in total. The van der Waals surface area contributed by atoms with Crippen LogP contribution < -0.4 is 5.32 Å². The summed E-state index contributed by atoms with van der Waals surface area (Å²) in [7, 11) is -3.58. The van der Waals surface area contributed by atoms with Crippen LogP contribution >= 0.6 is 0 Å². The highest BCUT2D eigenvalue weighted by Gasteiger charge is 2.44. The van der Waals surface area contributed by atoms with Crippen molar-refractivity contribution in [1.82, 2.24) is 10.2 Å². The van der Waals surface area contributed by atoms with Crippen LogP contribution in [0.25, 0.3) is 0 Å². The highest BCUT2D eigenvalue weighted by molar-refractivity contribution is 7.90. The number of sulfone groups is 1. The summed E-state index contributed by atoms with van der Waals surface area (Å²) in [5.41, 5.74) is -0.322. The number of carbonyl (C=O) groups is 2. The number of amides is 2. The van der Waals surface area contributed by atoms with Crippen LogP contribution in [0.1, 0.15) is 46.8 Å². The van der Waals surface area contributed by atoms with Crippen molar-refractivity contribution < 1.29 is 35.6 Å². The fraction of sp³-hybridized carbons (Fsp3) is 0.417. The molecule has 0 bridgehead atoms. The molecule has 2 aromatic rings. The van der Waals surface area contributed by atoms with Crippen LogP contribution in [0, 0.1) is 5.92 Å². The Morgan fingerprint density at radius 2 is 1.71 bits per heavy atom. The average Bonchev–Trinajstić information content (AvgIpc) is 3.57. The van der Waals surface area contributed by atoms with Gasteiger partial charge in [-0.3, -0.25) is 9.59 Å². The molecule has 1 aliphatic carbocycles. The summed E-state index contributed by atoms with van der Waals surface area (Å²) in [5, 5.41) is 2.75. The van der Waals surface area contributed by atoms with Gasteiger partial charge in [-0.05, 0) is 61.1 Å². The minimum absolute atomic E-state index is 0.00532. The maximum absolute atomic E-state index is 14.8. The van der Waals surface area contributed by atoms with Gasteiger partial charge in [-0.2, -0.15) is 13.2 Å². The van der Waals surface area contributed by atoms with Gasteiger partial charge in [0.15, 0.2) is 9.84 Å².